The van der Waals surface area contributed by atoms with Gasteiger partial charge in [-0.05, 0) is 5.92 Å². The summed E-state index contributed by atoms with van der Waals surface area (Å²) >= 11 is 0. The second-order valence-electron chi connectivity index (χ2n) is 3.93. The van der Waals surface area contributed by atoms with Crippen molar-refractivity contribution >= 4 is 11.9 Å². The number of carboxylic acids is 1. The highest BCUT2D eigenvalue weighted by molar-refractivity contribution is 5.87. The Labute approximate surface area is 93.3 Å². The zero-order chi connectivity index (χ0) is 12.1. The first-order valence-electron chi connectivity index (χ1n) is 5.01. The number of aromatic nitrogens is 2. The van der Waals surface area contributed by atoms with Gasteiger partial charge in [0.05, 0.1) is 11.8 Å². The van der Waals surface area contributed by atoms with E-state index in [1.807, 2.05) is 13.8 Å². The first-order valence-corrected chi connectivity index (χ1v) is 5.01. The maximum Gasteiger partial charge on any atom is 0.338 e. The van der Waals surface area contributed by atoms with E-state index in [4.69, 9.17) is 5.11 Å². The molecule has 0 unspecified atom stereocenters. The number of amides is 1. The fraction of sp³-hybridized carbons (Fsp3) is 0.500. The van der Waals surface area contributed by atoms with E-state index in [0.29, 0.717) is 12.5 Å². The van der Waals surface area contributed by atoms with E-state index in [0.717, 1.165) is 0 Å². The molecule has 0 fully saturated rings. The molecular weight excluding hydrogens is 210 g/mol. The lowest BCUT2D eigenvalue weighted by atomic mass is 10.2. The Balaban J connectivity index is 2.46. The van der Waals surface area contributed by atoms with Gasteiger partial charge in [0.2, 0.25) is 5.91 Å². The smallest absolute Gasteiger partial charge is 0.338 e. The molecule has 16 heavy (non-hydrogen) atoms. The number of nitrogens with zero attached hydrogens (tertiary/aromatic N) is 2. The molecule has 0 spiro atoms. The van der Waals surface area contributed by atoms with Crippen molar-refractivity contribution in [1.82, 2.24) is 15.1 Å². The van der Waals surface area contributed by atoms with Crippen LogP contribution in [0.4, 0.5) is 0 Å². The molecule has 1 aromatic rings. The molecule has 6 heteroatoms. The van der Waals surface area contributed by atoms with Crippen LogP contribution in [0, 0.1) is 5.92 Å². The maximum atomic E-state index is 11.4. The van der Waals surface area contributed by atoms with Gasteiger partial charge in [-0.2, -0.15) is 5.10 Å². The van der Waals surface area contributed by atoms with Crippen molar-refractivity contribution in [3.63, 3.8) is 0 Å². The van der Waals surface area contributed by atoms with E-state index in [1.165, 1.54) is 17.1 Å². The molecule has 0 aliphatic carbocycles. The standard InChI is InChI=1S/C10H15N3O3/c1-7(2)3-11-9(14)6-13-5-8(4-12-13)10(15)16/h4-5,7H,3,6H2,1-2H3,(H,11,14)(H,15,16). The van der Waals surface area contributed by atoms with E-state index in [9.17, 15) is 9.59 Å². The largest absolute Gasteiger partial charge is 0.478 e. The molecule has 0 aliphatic rings. The number of nitrogens with one attached hydrogen (secondary N) is 1. The van der Waals surface area contributed by atoms with Gasteiger partial charge in [0.15, 0.2) is 0 Å². The Morgan fingerprint density at radius 1 is 1.56 bits per heavy atom. The highest BCUT2D eigenvalue weighted by Crippen LogP contribution is 1.97. The van der Waals surface area contributed by atoms with Crippen LogP contribution in [-0.4, -0.2) is 33.3 Å². The zero-order valence-electron chi connectivity index (χ0n) is 9.30. The van der Waals surface area contributed by atoms with Gasteiger partial charge >= 0.3 is 5.97 Å². The van der Waals surface area contributed by atoms with Crippen molar-refractivity contribution in [2.75, 3.05) is 6.54 Å². The minimum atomic E-state index is -1.05. The number of rotatable bonds is 5. The summed E-state index contributed by atoms with van der Waals surface area (Å²) in [7, 11) is 0. The van der Waals surface area contributed by atoms with E-state index >= 15 is 0 Å². The maximum absolute atomic E-state index is 11.4. The van der Waals surface area contributed by atoms with Crippen LogP contribution in [0.2, 0.25) is 0 Å². The minimum Gasteiger partial charge on any atom is -0.478 e. The van der Waals surface area contributed by atoms with Crippen molar-refractivity contribution in [1.29, 1.82) is 0 Å². The van der Waals surface area contributed by atoms with Crippen LogP contribution in [0.15, 0.2) is 12.4 Å². The Bertz CT molecular complexity index is 384. The summed E-state index contributed by atoms with van der Waals surface area (Å²) in [4.78, 5) is 21.9. The molecule has 0 saturated carbocycles. The molecule has 0 aromatic carbocycles. The topological polar surface area (TPSA) is 84.2 Å². The number of hydrogen-bond acceptors (Lipinski definition) is 3. The summed E-state index contributed by atoms with van der Waals surface area (Å²) in [5, 5.41) is 15.2. The summed E-state index contributed by atoms with van der Waals surface area (Å²) < 4.78 is 1.30. The van der Waals surface area contributed by atoms with Crippen LogP contribution in [0.25, 0.3) is 0 Å². The number of carboxylic acid groups (broad SMARTS) is 1. The molecule has 2 N–H and O–H groups in total. The summed E-state index contributed by atoms with van der Waals surface area (Å²) in [6.07, 6.45) is 2.55. The monoisotopic (exact) mass is 225 g/mol. The summed E-state index contributed by atoms with van der Waals surface area (Å²) in [5.41, 5.74) is 0.0802. The highest BCUT2D eigenvalue weighted by atomic mass is 16.4. The van der Waals surface area contributed by atoms with Crippen molar-refractivity contribution in [2.24, 2.45) is 5.92 Å². The summed E-state index contributed by atoms with van der Waals surface area (Å²) in [5.74, 6) is -0.835. The van der Waals surface area contributed by atoms with Crippen LogP contribution in [0.5, 0.6) is 0 Å². The average molecular weight is 225 g/mol. The fourth-order valence-electron chi connectivity index (χ4n) is 1.08. The van der Waals surface area contributed by atoms with Crippen LogP contribution in [0.1, 0.15) is 24.2 Å². The molecule has 0 bridgehead atoms. The molecule has 88 valence electrons. The molecule has 1 rings (SSSR count). The first kappa shape index (κ1) is 12.2. The SMILES string of the molecule is CC(C)CNC(=O)Cn1cc(C(=O)O)cn1. The van der Waals surface area contributed by atoms with Crippen LogP contribution >= 0.6 is 0 Å². The average Bonchev–Trinajstić information content (AvgIpc) is 2.63. The molecule has 1 amide bonds. The Kier molecular flexibility index (Phi) is 4.04. The fourth-order valence-corrected chi connectivity index (χ4v) is 1.08. The normalized spacial score (nSPS) is 10.4. The molecule has 0 atom stereocenters. The highest BCUT2D eigenvalue weighted by Gasteiger charge is 2.08. The Morgan fingerprint density at radius 3 is 2.75 bits per heavy atom. The van der Waals surface area contributed by atoms with Crippen molar-refractivity contribution < 1.29 is 14.7 Å². The van der Waals surface area contributed by atoms with Crippen molar-refractivity contribution in [3.05, 3.63) is 18.0 Å². The quantitative estimate of drug-likeness (QED) is 0.757. The Morgan fingerprint density at radius 2 is 2.25 bits per heavy atom. The van der Waals surface area contributed by atoms with Crippen LogP contribution < -0.4 is 5.32 Å². The summed E-state index contributed by atoms with van der Waals surface area (Å²) in [6, 6.07) is 0. The molecule has 1 heterocycles. The van der Waals surface area contributed by atoms with Gasteiger partial charge in [0.25, 0.3) is 0 Å². The van der Waals surface area contributed by atoms with Gasteiger partial charge < -0.3 is 10.4 Å². The van der Waals surface area contributed by atoms with Crippen LogP contribution in [0.3, 0.4) is 0 Å². The second-order valence-corrected chi connectivity index (χ2v) is 3.93. The molecule has 1 aromatic heterocycles. The van der Waals surface area contributed by atoms with Crippen LogP contribution in [-0.2, 0) is 11.3 Å². The third-order valence-electron chi connectivity index (χ3n) is 1.89. The van der Waals surface area contributed by atoms with Gasteiger partial charge in [-0.3, -0.25) is 9.48 Å². The predicted molar refractivity (Wildman–Crippen MR) is 57.0 cm³/mol. The minimum absolute atomic E-state index is 0.0417. The van der Waals surface area contributed by atoms with E-state index in [-0.39, 0.29) is 18.0 Å². The van der Waals surface area contributed by atoms with E-state index < -0.39 is 5.97 Å². The predicted octanol–water partition coefficient (Wildman–Crippen LogP) is 0.353. The molecule has 0 radical (unpaired) electrons. The third kappa shape index (κ3) is 3.72. The van der Waals surface area contributed by atoms with Gasteiger partial charge in [0, 0.05) is 12.7 Å². The molecular formula is C10H15N3O3. The number of carbonyl (C=O) groups excluding carboxylic acids is 1. The first-order chi connectivity index (χ1) is 7.49. The van der Waals surface area contributed by atoms with Gasteiger partial charge in [-0.1, -0.05) is 13.8 Å². The molecule has 6 nitrogen and oxygen atoms in total. The van der Waals surface area contributed by atoms with Gasteiger partial charge in [-0.15, -0.1) is 0 Å². The lowest BCUT2D eigenvalue weighted by Gasteiger charge is -2.07. The zero-order valence-corrected chi connectivity index (χ0v) is 9.30. The van der Waals surface area contributed by atoms with E-state index in [2.05, 4.69) is 10.4 Å². The van der Waals surface area contributed by atoms with Crippen molar-refractivity contribution in [2.45, 2.75) is 20.4 Å². The molecule has 0 aliphatic heterocycles. The van der Waals surface area contributed by atoms with Gasteiger partial charge in [0.1, 0.15) is 6.54 Å². The lowest BCUT2D eigenvalue weighted by Crippen LogP contribution is -2.30. The summed E-state index contributed by atoms with van der Waals surface area (Å²) in [6.45, 7) is 4.64. The number of hydrogen-bond donors (Lipinski definition) is 2. The number of aromatic carboxylic acids is 1. The van der Waals surface area contributed by atoms with Crippen molar-refractivity contribution in [3.8, 4) is 0 Å². The van der Waals surface area contributed by atoms with Gasteiger partial charge in [-0.25, -0.2) is 4.79 Å². The lowest BCUT2D eigenvalue weighted by molar-refractivity contribution is -0.122. The number of carbonyl (C=O) groups is 2. The molecule has 0 saturated heterocycles. The Hall–Kier alpha value is -1.85. The third-order valence-corrected chi connectivity index (χ3v) is 1.89. The van der Waals surface area contributed by atoms with E-state index in [1.54, 1.807) is 0 Å². The second kappa shape index (κ2) is 5.29.